The average molecular weight is 354 g/mol. The van der Waals surface area contributed by atoms with E-state index < -0.39 is 0 Å². The topological polar surface area (TPSA) is 55.0 Å². The minimum absolute atomic E-state index is 0.550. The monoisotopic (exact) mass is 354 g/mol. The second-order valence-corrected chi connectivity index (χ2v) is 6.43. The summed E-state index contributed by atoms with van der Waals surface area (Å²) in [6.45, 7) is 7.45. The number of aromatic nitrogens is 2. The first kappa shape index (κ1) is 17.2. The molecule has 0 bridgehead atoms. The molecule has 0 radical (unpaired) electrons. The highest BCUT2D eigenvalue weighted by atomic mass is 32.1. The summed E-state index contributed by atoms with van der Waals surface area (Å²) in [5.74, 6) is 0.841. The van der Waals surface area contributed by atoms with Crippen molar-refractivity contribution in [3.63, 3.8) is 0 Å². The van der Waals surface area contributed by atoms with Crippen molar-refractivity contribution >= 4 is 23.0 Å². The summed E-state index contributed by atoms with van der Waals surface area (Å²) in [4.78, 5) is 0. The van der Waals surface area contributed by atoms with Crippen LogP contribution in [0.4, 0.5) is 5.69 Å². The zero-order valence-corrected chi connectivity index (χ0v) is 15.5. The minimum Gasteiger partial charge on any atom is -0.467 e. The van der Waals surface area contributed by atoms with Gasteiger partial charge >= 0.3 is 0 Å². The number of rotatable bonds is 5. The van der Waals surface area contributed by atoms with E-state index in [4.69, 9.17) is 16.6 Å². The normalized spacial score (nSPS) is 10.7. The third-order valence-electron chi connectivity index (χ3n) is 4.20. The molecule has 0 spiro atoms. The summed E-state index contributed by atoms with van der Waals surface area (Å²) in [6, 6.07) is 12.1. The van der Waals surface area contributed by atoms with Crippen molar-refractivity contribution < 1.29 is 4.42 Å². The molecule has 2 heterocycles. The Morgan fingerprint density at radius 3 is 2.68 bits per heavy atom. The Balaban J connectivity index is 1.69. The van der Waals surface area contributed by atoms with Gasteiger partial charge in [0.1, 0.15) is 5.76 Å². The van der Waals surface area contributed by atoms with Crippen LogP contribution in [0.3, 0.4) is 0 Å². The predicted molar refractivity (Wildman–Crippen MR) is 104 cm³/mol. The fraction of sp³-hybridized carbons (Fsp3) is 0.263. The van der Waals surface area contributed by atoms with Crippen LogP contribution in [0.5, 0.6) is 0 Å². The first-order valence-corrected chi connectivity index (χ1v) is 8.61. The van der Waals surface area contributed by atoms with Gasteiger partial charge in [-0.15, -0.1) is 0 Å². The van der Waals surface area contributed by atoms with Crippen molar-refractivity contribution in [2.75, 3.05) is 5.32 Å². The van der Waals surface area contributed by atoms with Crippen LogP contribution in [-0.2, 0) is 13.1 Å². The highest BCUT2D eigenvalue weighted by Crippen LogP contribution is 2.21. The molecule has 6 heteroatoms. The van der Waals surface area contributed by atoms with Gasteiger partial charge in [-0.3, -0.25) is 4.68 Å². The first-order chi connectivity index (χ1) is 12.0. The first-order valence-electron chi connectivity index (χ1n) is 8.20. The molecule has 0 atom stereocenters. The van der Waals surface area contributed by atoms with Crippen molar-refractivity contribution in [1.82, 2.24) is 15.1 Å². The summed E-state index contributed by atoms with van der Waals surface area (Å²) in [7, 11) is 0. The van der Waals surface area contributed by atoms with Crippen molar-refractivity contribution in [3.8, 4) is 0 Å². The lowest BCUT2D eigenvalue weighted by Crippen LogP contribution is -2.28. The van der Waals surface area contributed by atoms with Gasteiger partial charge < -0.3 is 15.1 Å². The van der Waals surface area contributed by atoms with Crippen LogP contribution in [0.1, 0.15) is 28.3 Å². The maximum Gasteiger partial charge on any atom is 0.171 e. The molecule has 0 fully saturated rings. The largest absolute Gasteiger partial charge is 0.467 e. The van der Waals surface area contributed by atoms with Gasteiger partial charge in [-0.1, -0.05) is 24.3 Å². The highest BCUT2D eigenvalue weighted by Gasteiger charge is 2.13. The SMILES string of the molecule is Cc1ccccc1Cn1nc(C)c(NC(=S)NCc2ccco2)c1C. The number of nitrogens with one attached hydrogen (secondary N) is 2. The Kier molecular flexibility index (Phi) is 5.19. The van der Waals surface area contributed by atoms with Crippen LogP contribution in [-0.4, -0.2) is 14.9 Å². The molecule has 0 aliphatic carbocycles. The smallest absolute Gasteiger partial charge is 0.171 e. The molecule has 5 nitrogen and oxygen atoms in total. The van der Waals surface area contributed by atoms with E-state index in [1.54, 1.807) is 6.26 Å². The van der Waals surface area contributed by atoms with Crippen LogP contribution in [0.15, 0.2) is 47.1 Å². The average Bonchev–Trinajstić information content (AvgIpc) is 3.19. The molecular formula is C19H22N4OS. The van der Waals surface area contributed by atoms with Gasteiger partial charge in [0, 0.05) is 0 Å². The number of benzene rings is 1. The minimum atomic E-state index is 0.550. The number of hydrogen-bond donors (Lipinski definition) is 2. The van der Waals surface area contributed by atoms with E-state index in [2.05, 4.69) is 53.8 Å². The maximum atomic E-state index is 5.39. The van der Waals surface area contributed by atoms with E-state index in [1.807, 2.05) is 23.7 Å². The van der Waals surface area contributed by atoms with E-state index in [1.165, 1.54) is 11.1 Å². The van der Waals surface area contributed by atoms with Crippen molar-refractivity contribution in [2.45, 2.75) is 33.9 Å². The number of anilines is 1. The Hall–Kier alpha value is -2.60. The Bertz CT molecular complexity index is 868. The fourth-order valence-corrected chi connectivity index (χ4v) is 2.89. The summed E-state index contributed by atoms with van der Waals surface area (Å²) in [6.07, 6.45) is 1.65. The van der Waals surface area contributed by atoms with E-state index in [-0.39, 0.29) is 0 Å². The maximum absolute atomic E-state index is 5.39. The molecule has 0 amide bonds. The molecule has 0 saturated heterocycles. The number of hydrogen-bond acceptors (Lipinski definition) is 3. The van der Waals surface area contributed by atoms with Gasteiger partial charge in [-0.2, -0.15) is 5.10 Å². The zero-order valence-electron chi connectivity index (χ0n) is 14.7. The van der Waals surface area contributed by atoms with E-state index in [0.717, 1.165) is 29.4 Å². The van der Waals surface area contributed by atoms with E-state index in [9.17, 15) is 0 Å². The van der Waals surface area contributed by atoms with E-state index >= 15 is 0 Å². The molecule has 2 aromatic heterocycles. The lowest BCUT2D eigenvalue weighted by Gasteiger charge is -2.11. The lowest BCUT2D eigenvalue weighted by molar-refractivity contribution is 0.503. The van der Waals surface area contributed by atoms with Crippen LogP contribution in [0.25, 0.3) is 0 Å². The second kappa shape index (κ2) is 7.53. The van der Waals surface area contributed by atoms with Crippen molar-refractivity contribution in [2.24, 2.45) is 0 Å². The predicted octanol–water partition coefficient (Wildman–Crippen LogP) is 3.94. The van der Waals surface area contributed by atoms with Crippen LogP contribution >= 0.6 is 12.2 Å². The van der Waals surface area contributed by atoms with Gasteiger partial charge in [0.05, 0.1) is 36.4 Å². The zero-order chi connectivity index (χ0) is 17.8. The third-order valence-corrected chi connectivity index (χ3v) is 4.45. The molecule has 3 rings (SSSR count). The summed E-state index contributed by atoms with van der Waals surface area (Å²) >= 11 is 5.39. The fourth-order valence-electron chi connectivity index (χ4n) is 2.72. The number of thiocarbonyl (C=S) groups is 1. The van der Waals surface area contributed by atoms with Crippen LogP contribution in [0, 0.1) is 20.8 Å². The van der Waals surface area contributed by atoms with Gasteiger partial charge in [0.25, 0.3) is 0 Å². The summed E-state index contributed by atoms with van der Waals surface area (Å²) in [5, 5.41) is 11.6. The molecule has 0 aliphatic heterocycles. The molecule has 0 unspecified atom stereocenters. The Labute approximate surface area is 153 Å². The van der Waals surface area contributed by atoms with Gasteiger partial charge in [-0.25, -0.2) is 0 Å². The molecule has 2 N–H and O–H groups in total. The van der Waals surface area contributed by atoms with E-state index in [0.29, 0.717) is 11.7 Å². The van der Waals surface area contributed by atoms with Crippen molar-refractivity contribution in [3.05, 3.63) is 70.9 Å². The van der Waals surface area contributed by atoms with Gasteiger partial charge in [0.15, 0.2) is 5.11 Å². The molecule has 1 aromatic carbocycles. The molecule has 3 aromatic rings. The number of aryl methyl sites for hydroxylation is 2. The van der Waals surface area contributed by atoms with Gasteiger partial charge in [-0.05, 0) is 56.2 Å². The summed E-state index contributed by atoms with van der Waals surface area (Å²) < 4.78 is 7.31. The summed E-state index contributed by atoms with van der Waals surface area (Å²) in [5.41, 5.74) is 5.46. The number of nitrogens with zero attached hydrogens (tertiary/aromatic N) is 2. The second-order valence-electron chi connectivity index (χ2n) is 6.02. The third kappa shape index (κ3) is 4.09. The Morgan fingerprint density at radius 1 is 1.16 bits per heavy atom. The highest BCUT2D eigenvalue weighted by molar-refractivity contribution is 7.80. The van der Waals surface area contributed by atoms with Crippen LogP contribution < -0.4 is 10.6 Å². The molecular weight excluding hydrogens is 332 g/mol. The van der Waals surface area contributed by atoms with Crippen molar-refractivity contribution in [1.29, 1.82) is 0 Å². The van der Waals surface area contributed by atoms with Gasteiger partial charge in [0.2, 0.25) is 0 Å². The number of furan rings is 1. The molecule has 25 heavy (non-hydrogen) atoms. The lowest BCUT2D eigenvalue weighted by atomic mass is 10.1. The standard InChI is InChI=1S/C19H22N4OS/c1-13-7-4-5-8-16(13)12-23-15(3)18(14(2)22-23)21-19(25)20-11-17-9-6-10-24-17/h4-10H,11-12H2,1-3H3,(H2,20,21,25). The molecule has 130 valence electrons. The Morgan fingerprint density at radius 2 is 1.96 bits per heavy atom. The molecule has 0 saturated carbocycles. The molecule has 0 aliphatic rings. The quantitative estimate of drug-likeness (QED) is 0.680. The van der Waals surface area contributed by atoms with Crippen LogP contribution in [0.2, 0.25) is 0 Å².